The highest BCUT2D eigenvalue weighted by atomic mass is 19.1. The van der Waals surface area contributed by atoms with Gasteiger partial charge in [-0.1, -0.05) is 69.2 Å². The fraction of sp³-hybridized carbons (Fsp3) is 0.306. The average molecular weight is 569 g/mol. The smallest absolute Gasteiger partial charge is 0.181 e. The Morgan fingerprint density at radius 1 is 1.05 bits per heavy atom. The maximum Gasteiger partial charge on any atom is 0.181 e. The van der Waals surface area contributed by atoms with Crippen LogP contribution < -0.4 is 0 Å². The van der Waals surface area contributed by atoms with Crippen LogP contribution in [0.3, 0.4) is 0 Å². The van der Waals surface area contributed by atoms with Gasteiger partial charge in [0.2, 0.25) is 0 Å². The van der Waals surface area contributed by atoms with Crippen LogP contribution >= 0.6 is 0 Å². The Hall–Kier alpha value is -4.19. The Balaban J connectivity index is 0.000000241. The van der Waals surface area contributed by atoms with Crippen molar-refractivity contribution in [2.75, 3.05) is 0 Å². The first-order valence-electron chi connectivity index (χ1n) is 14.6. The summed E-state index contributed by atoms with van der Waals surface area (Å²) in [6.07, 6.45) is 17.1. The lowest BCUT2D eigenvalue weighted by Crippen LogP contribution is -2.10. The summed E-state index contributed by atoms with van der Waals surface area (Å²) >= 11 is 0. The number of hydrogen-bond donors (Lipinski definition) is 0. The third-order valence-electron chi connectivity index (χ3n) is 7.17. The summed E-state index contributed by atoms with van der Waals surface area (Å²) in [4.78, 5) is 9.09. The van der Waals surface area contributed by atoms with Gasteiger partial charge < -0.3 is 0 Å². The van der Waals surface area contributed by atoms with Crippen LogP contribution in [0.1, 0.15) is 53.4 Å². The highest BCUT2D eigenvalue weighted by Crippen LogP contribution is 2.24. The van der Waals surface area contributed by atoms with Crippen molar-refractivity contribution in [3.63, 3.8) is 0 Å². The Bertz CT molecular complexity index is 1440. The molecule has 42 heavy (non-hydrogen) atoms. The van der Waals surface area contributed by atoms with E-state index in [0.717, 1.165) is 40.8 Å². The van der Waals surface area contributed by atoms with Crippen molar-refractivity contribution in [2.24, 2.45) is 16.8 Å². The molecular formula is C36H42F2N4. The van der Waals surface area contributed by atoms with Crippen molar-refractivity contribution in [2.45, 2.75) is 59.9 Å². The van der Waals surface area contributed by atoms with E-state index in [1.807, 2.05) is 32.2 Å². The van der Waals surface area contributed by atoms with Crippen molar-refractivity contribution in [3.8, 4) is 22.8 Å². The Morgan fingerprint density at radius 3 is 2.24 bits per heavy atom. The predicted octanol–water partition coefficient (Wildman–Crippen LogP) is 9.94. The minimum Gasteiger partial charge on any atom is -0.261 e. The molecule has 6 heteroatoms. The number of aromatic nitrogens is 3. The molecule has 2 aromatic carbocycles. The lowest BCUT2D eigenvalue weighted by molar-refractivity contribution is 0.480. The van der Waals surface area contributed by atoms with E-state index in [1.54, 1.807) is 28.9 Å². The maximum atomic E-state index is 13.2. The van der Waals surface area contributed by atoms with E-state index < -0.39 is 0 Å². The van der Waals surface area contributed by atoms with Crippen LogP contribution in [-0.4, -0.2) is 21.0 Å². The van der Waals surface area contributed by atoms with E-state index >= 15 is 0 Å². The largest absolute Gasteiger partial charge is 0.261 e. The minimum atomic E-state index is -0.304. The van der Waals surface area contributed by atoms with Crippen molar-refractivity contribution < 1.29 is 8.78 Å². The van der Waals surface area contributed by atoms with Crippen molar-refractivity contribution in [1.82, 2.24) is 14.8 Å². The van der Waals surface area contributed by atoms with Gasteiger partial charge >= 0.3 is 0 Å². The second-order valence-electron chi connectivity index (χ2n) is 10.5. The molecule has 0 bridgehead atoms. The van der Waals surface area contributed by atoms with E-state index in [1.165, 1.54) is 37.1 Å². The molecule has 0 amide bonds. The molecule has 0 saturated heterocycles. The molecule has 0 saturated carbocycles. The number of nitrogens with zero attached hydrogens (tertiary/aromatic N) is 4. The van der Waals surface area contributed by atoms with Crippen molar-refractivity contribution in [3.05, 3.63) is 121 Å². The molecule has 1 aliphatic carbocycles. The van der Waals surface area contributed by atoms with Crippen LogP contribution in [0.2, 0.25) is 0 Å². The molecule has 0 N–H and O–H groups in total. The van der Waals surface area contributed by atoms with Gasteiger partial charge in [0.1, 0.15) is 11.6 Å². The average Bonchev–Trinajstić information content (AvgIpc) is 3.42. The number of halogens is 2. The van der Waals surface area contributed by atoms with E-state index in [0.29, 0.717) is 30.0 Å². The topological polar surface area (TPSA) is 43.1 Å². The number of hydrogen-bond acceptors (Lipinski definition) is 3. The Labute approximate surface area is 249 Å². The van der Waals surface area contributed by atoms with Gasteiger partial charge in [0.15, 0.2) is 11.6 Å². The molecule has 1 aromatic heterocycles. The first kappa shape index (κ1) is 32.3. The summed E-state index contributed by atoms with van der Waals surface area (Å²) in [7, 11) is 0. The van der Waals surface area contributed by atoms with Gasteiger partial charge in [0.25, 0.3) is 0 Å². The highest BCUT2D eigenvalue weighted by molar-refractivity contribution is 5.66. The van der Waals surface area contributed by atoms with Gasteiger partial charge in [-0.05, 0) is 86.7 Å². The van der Waals surface area contributed by atoms with Crippen LogP contribution in [0.25, 0.3) is 22.8 Å². The summed E-state index contributed by atoms with van der Waals surface area (Å²) in [5.74, 6) is 1.50. The lowest BCUT2D eigenvalue weighted by atomic mass is 9.91. The van der Waals surface area contributed by atoms with Crippen molar-refractivity contribution >= 4 is 6.21 Å². The fourth-order valence-corrected chi connectivity index (χ4v) is 4.48. The number of aliphatic imine (C=N–C) groups is 1. The zero-order valence-electron chi connectivity index (χ0n) is 25.2. The molecule has 1 heterocycles. The molecule has 0 spiro atoms. The first-order valence-corrected chi connectivity index (χ1v) is 14.6. The van der Waals surface area contributed by atoms with Gasteiger partial charge in [-0.25, -0.2) is 18.4 Å². The molecule has 1 aliphatic rings. The molecule has 0 aliphatic heterocycles. The molecule has 0 fully saturated rings. The van der Waals surface area contributed by atoms with Crippen LogP contribution in [0.15, 0.2) is 114 Å². The zero-order valence-corrected chi connectivity index (χ0v) is 25.2. The van der Waals surface area contributed by atoms with Gasteiger partial charge in [0, 0.05) is 23.3 Å². The van der Waals surface area contributed by atoms with E-state index in [2.05, 4.69) is 60.3 Å². The highest BCUT2D eigenvalue weighted by Gasteiger charge is 2.14. The van der Waals surface area contributed by atoms with Gasteiger partial charge in [-0.2, -0.15) is 5.10 Å². The Kier molecular flexibility index (Phi) is 12.5. The third-order valence-corrected chi connectivity index (χ3v) is 7.17. The number of benzene rings is 2. The van der Waals surface area contributed by atoms with Crippen LogP contribution in [0.5, 0.6) is 0 Å². The van der Waals surface area contributed by atoms with Crippen LogP contribution in [0, 0.1) is 23.5 Å². The quantitative estimate of drug-likeness (QED) is 0.171. The normalized spacial score (nSPS) is 14.6. The standard InChI is InChI=1S/C19H17F2N3.C17H25N/c1-3-13(2)12-24-19(15-6-10-17(21)11-7-15)22-18(23-24)14-4-8-16(20)9-5-14;1-5-10-14(3)16(6-2)13-18-15(4)17-11-8-7-9-12-17/h3-11H,12H2,1-2H3;6,8,11-14,16H,2,4-5,7,9-10H2,1,3H3/b13-3+;. The zero-order chi connectivity index (χ0) is 30.5. The summed E-state index contributed by atoms with van der Waals surface area (Å²) in [6, 6.07) is 12.2. The van der Waals surface area contributed by atoms with Gasteiger partial charge in [0.05, 0.1) is 12.2 Å². The molecule has 3 aromatic rings. The third kappa shape index (κ3) is 9.44. The second-order valence-corrected chi connectivity index (χ2v) is 10.5. The molecule has 220 valence electrons. The van der Waals surface area contributed by atoms with Crippen LogP contribution in [-0.2, 0) is 6.54 Å². The summed E-state index contributed by atoms with van der Waals surface area (Å²) < 4.78 is 28.1. The van der Waals surface area contributed by atoms with E-state index in [9.17, 15) is 8.78 Å². The Morgan fingerprint density at radius 2 is 1.69 bits per heavy atom. The predicted molar refractivity (Wildman–Crippen MR) is 172 cm³/mol. The summed E-state index contributed by atoms with van der Waals surface area (Å²) in [5.41, 5.74) is 4.66. The first-order chi connectivity index (χ1) is 20.2. The minimum absolute atomic E-state index is 0.298. The molecular weight excluding hydrogens is 526 g/mol. The summed E-state index contributed by atoms with van der Waals surface area (Å²) in [5, 5.41) is 4.55. The molecule has 2 unspecified atom stereocenters. The summed E-state index contributed by atoms with van der Waals surface area (Å²) in [6.45, 7) is 17.0. The van der Waals surface area contributed by atoms with E-state index in [-0.39, 0.29) is 11.6 Å². The maximum absolute atomic E-state index is 13.2. The molecule has 4 rings (SSSR count). The van der Waals surface area contributed by atoms with Crippen LogP contribution in [0.4, 0.5) is 8.78 Å². The SMILES string of the molecule is C/C=C(\C)Cn1nc(-c2ccc(F)cc2)nc1-c1ccc(F)cc1.C=CC(C=NC(=C)C1=CCCC=C1)C(C)CCC. The van der Waals surface area contributed by atoms with Gasteiger partial charge in [-0.15, -0.1) is 6.58 Å². The van der Waals surface area contributed by atoms with E-state index in [4.69, 9.17) is 0 Å². The monoisotopic (exact) mass is 568 g/mol. The lowest BCUT2D eigenvalue weighted by Gasteiger charge is -2.16. The molecule has 4 nitrogen and oxygen atoms in total. The fourth-order valence-electron chi connectivity index (χ4n) is 4.48. The number of rotatable bonds is 11. The van der Waals surface area contributed by atoms with Gasteiger partial charge in [-0.3, -0.25) is 4.99 Å². The number of allylic oxidation sites excluding steroid dienone is 6. The molecule has 0 radical (unpaired) electrons. The van der Waals surface area contributed by atoms with Crippen molar-refractivity contribution in [1.29, 1.82) is 0 Å². The molecule has 2 atom stereocenters. The second kappa shape index (κ2) is 16.3.